The molecule has 10 nitrogen and oxygen atoms in total. The van der Waals surface area contributed by atoms with Crippen molar-refractivity contribution in [3.8, 4) is 5.82 Å². The molecule has 1 N–H and O–H groups in total. The summed E-state index contributed by atoms with van der Waals surface area (Å²) in [5.74, 6) is 0.307. The van der Waals surface area contributed by atoms with Crippen LogP contribution in [0, 0.1) is 19.8 Å². The third kappa shape index (κ3) is 4.67. The Hall–Kier alpha value is -2.82. The first-order chi connectivity index (χ1) is 15.4. The van der Waals surface area contributed by atoms with Gasteiger partial charge in [0.25, 0.3) is 0 Å². The molecule has 2 aromatic heterocycles. The van der Waals surface area contributed by atoms with Gasteiger partial charge in [-0.05, 0) is 44.9 Å². The zero-order chi connectivity index (χ0) is 22.7. The van der Waals surface area contributed by atoms with Crippen molar-refractivity contribution in [2.75, 3.05) is 38.8 Å². The molecule has 1 amide bonds. The smallest absolute Gasteiger partial charge is 0.225 e. The van der Waals surface area contributed by atoms with Crippen LogP contribution in [-0.4, -0.2) is 71.6 Å². The van der Waals surface area contributed by atoms with Gasteiger partial charge in [-0.1, -0.05) is 0 Å². The molecule has 0 aliphatic carbocycles. The lowest BCUT2D eigenvalue weighted by Gasteiger charge is -2.34. The van der Waals surface area contributed by atoms with Gasteiger partial charge in [-0.25, -0.2) is 14.6 Å². The molecule has 0 bridgehead atoms. The average Bonchev–Trinajstić information content (AvgIpc) is 3.40. The molecule has 1 fully saturated rings. The van der Waals surface area contributed by atoms with Crippen LogP contribution in [0.15, 0.2) is 30.6 Å². The van der Waals surface area contributed by atoms with Gasteiger partial charge in [-0.3, -0.25) is 4.79 Å². The van der Waals surface area contributed by atoms with Gasteiger partial charge in [0.15, 0.2) is 12.1 Å². The number of anilines is 1. The van der Waals surface area contributed by atoms with Crippen LogP contribution < -0.4 is 10.2 Å². The van der Waals surface area contributed by atoms with Crippen LogP contribution in [0.2, 0.25) is 0 Å². The van der Waals surface area contributed by atoms with E-state index in [0.717, 1.165) is 36.6 Å². The second-order valence-electron chi connectivity index (χ2n) is 8.17. The lowest BCUT2D eigenvalue weighted by Crippen LogP contribution is -2.49. The third-order valence-corrected chi connectivity index (χ3v) is 5.89. The number of nitrogens with one attached hydrogen (secondary N) is 1. The molecule has 10 heteroatoms. The molecule has 0 radical (unpaired) electrons. The Morgan fingerprint density at radius 2 is 2.09 bits per heavy atom. The Morgan fingerprint density at radius 1 is 1.28 bits per heavy atom. The predicted molar refractivity (Wildman–Crippen MR) is 117 cm³/mol. The summed E-state index contributed by atoms with van der Waals surface area (Å²) in [7, 11) is 3.11. The van der Waals surface area contributed by atoms with Crippen molar-refractivity contribution in [2.24, 2.45) is 5.92 Å². The number of ether oxygens (including phenoxy) is 3. The zero-order valence-electron chi connectivity index (χ0n) is 18.9. The van der Waals surface area contributed by atoms with E-state index in [4.69, 9.17) is 14.2 Å². The molecule has 2 aliphatic heterocycles. The summed E-state index contributed by atoms with van der Waals surface area (Å²) in [6.07, 6.45) is 6.32. The Labute approximate surface area is 187 Å². The fourth-order valence-electron chi connectivity index (χ4n) is 4.16. The standard InChI is InChI=1S/C22H30N6O4/c1-15-10-16(2)28(26-15)19-11-18(24-14-25-19)27-9-5-6-17(12-27)21(29)23-13-22(31-4)8-7-20(30-3)32-22/h7-8,10-11,14,17,20H,5-6,9,12-13H2,1-4H3,(H,23,29). The summed E-state index contributed by atoms with van der Waals surface area (Å²) in [5, 5.41) is 7.48. The quantitative estimate of drug-likeness (QED) is 0.644. The molecule has 32 heavy (non-hydrogen) atoms. The molecule has 0 spiro atoms. The van der Waals surface area contributed by atoms with Gasteiger partial charge in [0, 0.05) is 39.1 Å². The predicted octanol–water partition coefficient (Wildman–Crippen LogP) is 1.51. The van der Waals surface area contributed by atoms with E-state index in [9.17, 15) is 4.79 Å². The third-order valence-electron chi connectivity index (χ3n) is 5.89. The second-order valence-corrected chi connectivity index (χ2v) is 8.17. The second kappa shape index (κ2) is 9.35. The lowest BCUT2D eigenvalue weighted by atomic mass is 9.97. The van der Waals surface area contributed by atoms with E-state index in [1.165, 1.54) is 0 Å². The SMILES string of the molecule is COC1C=CC(CNC(=O)C2CCCN(c3cc(-n4nc(C)cc4C)ncn3)C2)(OC)O1. The molecule has 4 heterocycles. The van der Waals surface area contributed by atoms with E-state index < -0.39 is 12.1 Å². The van der Waals surface area contributed by atoms with Gasteiger partial charge in [0.05, 0.1) is 18.2 Å². The van der Waals surface area contributed by atoms with Crippen LogP contribution in [-0.2, 0) is 19.0 Å². The van der Waals surface area contributed by atoms with E-state index in [1.54, 1.807) is 37.4 Å². The van der Waals surface area contributed by atoms with Crippen LogP contribution in [0.4, 0.5) is 5.82 Å². The van der Waals surface area contributed by atoms with Crippen LogP contribution in [0.5, 0.6) is 0 Å². The number of piperidine rings is 1. The minimum atomic E-state index is -1.01. The van der Waals surface area contributed by atoms with Crippen LogP contribution in [0.1, 0.15) is 24.2 Å². The van der Waals surface area contributed by atoms with Gasteiger partial charge in [0.2, 0.25) is 11.7 Å². The first-order valence-electron chi connectivity index (χ1n) is 10.8. The number of hydrogen-bond acceptors (Lipinski definition) is 8. The van der Waals surface area contributed by atoms with Crippen molar-refractivity contribution in [2.45, 2.75) is 38.8 Å². The number of hydrogen-bond donors (Lipinski definition) is 1. The molecule has 3 unspecified atom stereocenters. The van der Waals surface area contributed by atoms with Crippen LogP contribution >= 0.6 is 0 Å². The van der Waals surface area contributed by atoms with Gasteiger partial charge >= 0.3 is 0 Å². The maximum absolute atomic E-state index is 12.9. The summed E-state index contributed by atoms with van der Waals surface area (Å²) in [6, 6.07) is 3.93. The summed E-state index contributed by atoms with van der Waals surface area (Å²) in [6.45, 7) is 5.57. The first-order valence-corrected chi connectivity index (χ1v) is 10.8. The molecular formula is C22H30N6O4. The molecular weight excluding hydrogens is 412 g/mol. The fourth-order valence-corrected chi connectivity index (χ4v) is 4.16. The van der Waals surface area contributed by atoms with E-state index in [-0.39, 0.29) is 18.4 Å². The fraction of sp³-hybridized carbons (Fsp3) is 0.545. The summed E-state index contributed by atoms with van der Waals surface area (Å²) in [5.41, 5.74) is 1.94. The van der Waals surface area contributed by atoms with Crippen molar-refractivity contribution < 1.29 is 19.0 Å². The Morgan fingerprint density at radius 3 is 2.78 bits per heavy atom. The Balaban J connectivity index is 1.40. The maximum atomic E-state index is 12.9. The highest BCUT2D eigenvalue weighted by Gasteiger charge is 2.37. The van der Waals surface area contributed by atoms with Crippen molar-refractivity contribution >= 4 is 11.7 Å². The molecule has 172 valence electrons. The molecule has 0 saturated carbocycles. The highest BCUT2D eigenvalue weighted by molar-refractivity contribution is 5.79. The van der Waals surface area contributed by atoms with E-state index in [1.807, 2.05) is 26.0 Å². The van der Waals surface area contributed by atoms with E-state index in [2.05, 4.69) is 25.3 Å². The number of carbonyl (C=O) groups is 1. The maximum Gasteiger partial charge on any atom is 0.225 e. The number of amides is 1. The average molecular weight is 443 g/mol. The molecule has 1 saturated heterocycles. The van der Waals surface area contributed by atoms with Crippen LogP contribution in [0.25, 0.3) is 5.82 Å². The summed E-state index contributed by atoms with van der Waals surface area (Å²) in [4.78, 5) is 23.9. The number of aryl methyl sites for hydroxylation is 2. The minimum Gasteiger partial charge on any atom is -0.356 e. The zero-order valence-corrected chi connectivity index (χ0v) is 18.9. The first kappa shape index (κ1) is 22.4. The van der Waals surface area contributed by atoms with E-state index in [0.29, 0.717) is 12.4 Å². The highest BCUT2D eigenvalue weighted by Crippen LogP contribution is 2.26. The minimum absolute atomic E-state index is 0.0307. The van der Waals surface area contributed by atoms with Gasteiger partial charge in [-0.15, -0.1) is 0 Å². The van der Waals surface area contributed by atoms with Crippen molar-refractivity contribution in [1.82, 2.24) is 25.1 Å². The van der Waals surface area contributed by atoms with Gasteiger partial charge < -0.3 is 24.4 Å². The monoisotopic (exact) mass is 442 g/mol. The number of carbonyl (C=O) groups excluding carboxylic acids is 1. The number of aromatic nitrogens is 4. The van der Waals surface area contributed by atoms with Gasteiger partial charge in [0.1, 0.15) is 12.1 Å². The summed E-state index contributed by atoms with van der Waals surface area (Å²) >= 11 is 0. The van der Waals surface area contributed by atoms with E-state index >= 15 is 0 Å². The largest absolute Gasteiger partial charge is 0.356 e. The normalized spacial score (nSPS) is 25.3. The molecule has 2 aliphatic rings. The van der Waals surface area contributed by atoms with Crippen LogP contribution in [0.3, 0.4) is 0 Å². The van der Waals surface area contributed by atoms with Gasteiger partial charge in [-0.2, -0.15) is 5.10 Å². The van der Waals surface area contributed by atoms with Crippen molar-refractivity contribution in [3.05, 3.63) is 42.0 Å². The number of rotatable bonds is 7. The number of methoxy groups -OCH3 is 2. The molecule has 3 atom stereocenters. The topological polar surface area (TPSA) is 104 Å². The molecule has 4 rings (SSSR count). The summed E-state index contributed by atoms with van der Waals surface area (Å²) < 4.78 is 18.2. The lowest BCUT2D eigenvalue weighted by molar-refractivity contribution is -0.239. The highest BCUT2D eigenvalue weighted by atomic mass is 16.8. The molecule has 0 aromatic carbocycles. The number of nitrogens with zero attached hydrogens (tertiary/aromatic N) is 5. The van der Waals surface area contributed by atoms with Crippen molar-refractivity contribution in [3.63, 3.8) is 0 Å². The Kier molecular flexibility index (Phi) is 6.54. The van der Waals surface area contributed by atoms with Crippen molar-refractivity contribution in [1.29, 1.82) is 0 Å². The molecule has 2 aromatic rings. The Bertz CT molecular complexity index is 993.